The third-order valence-electron chi connectivity index (χ3n) is 5.22. The fraction of sp³-hybridized carbons (Fsp3) is 0.412. The maximum atomic E-state index is 10.0. The summed E-state index contributed by atoms with van der Waals surface area (Å²) in [5.41, 5.74) is 8.63. The van der Waals surface area contributed by atoms with Gasteiger partial charge >= 0.3 is 0 Å². The molecule has 126 valence electrons. The van der Waals surface area contributed by atoms with Gasteiger partial charge in [0, 0.05) is 37.2 Å². The number of aromatic nitrogens is 2. The Kier molecular flexibility index (Phi) is 3.54. The minimum atomic E-state index is 0.192. The van der Waals surface area contributed by atoms with Gasteiger partial charge in [-0.2, -0.15) is 0 Å². The predicted octanol–water partition coefficient (Wildman–Crippen LogP) is 1.21. The quantitative estimate of drug-likeness (QED) is 0.712. The smallest absolute Gasteiger partial charge is 0.169 e. The topological polar surface area (TPSA) is 105 Å². The van der Waals surface area contributed by atoms with Crippen molar-refractivity contribution in [1.82, 2.24) is 15.2 Å². The molecule has 0 unspecified atom stereocenters. The molecule has 0 atom stereocenters. The van der Waals surface area contributed by atoms with E-state index in [4.69, 9.17) is 11.6 Å². The molecule has 7 heteroatoms. The molecule has 7 nitrogen and oxygen atoms in total. The number of benzene rings is 1. The van der Waals surface area contributed by atoms with Crippen LogP contribution in [0, 0.1) is 5.41 Å². The molecule has 24 heavy (non-hydrogen) atoms. The maximum Gasteiger partial charge on any atom is 0.169 e. The van der Waals surface area contributed by atoms with Crippen molar-refractivity contribution < 1.29 is 5.11 Å². The lowest BCUT2D eigenvalue weighted by molar-refractivity contribution is -0.0188. The third-order valence-corrected chi connectivity index (χ3v) is 5.22. The lowest BCUT2D eigenvalue weighted by Gasteiger charge is -2.52. The summed E-state index contributed by atoms with van der Waals surface area (Å²) in [5.74, 6) is 6.43. The molecule has 2 fully saturated rings. The predicted molar refractivity (Wildman–Crippen MR) is 93.2 cm³/mol. The minimum absolute atomic E-state index is 0.192. The van der Waals surface area contributed by atoms with E-state index in [9.17, 15) is 5.11 Å². The average molecular weight is 326 g/mol. The van der Waals surface area contributed by atoms with Crippen molar-refractivity contribution in [1.29, 1.82) is 0 Å². The molecule has 3 heterocycles. The van der Waals surface area contributed by atoms with E-state index in [-0.39, 0.29) is 5.75 Å². The van der Waals surface area contributed by atoms with Crippen LogP contribution >= 0.6 is 0 Å². The van der Waals surface area contributed by atoms with Gasteiger partial charge in [0.15, 0.2) is 5.82 Å². The third kappa shape index (κ3) is 2.55. The Hall–Kier alpha value is -2.38. The van der Waals surface area contributed by atoms with Crippen LogP contribution in [0.15, 0.2) is 30.3 Å². The van der Waals surface area contributed by atoms with Crippen LogP contribution in [-0.2, 0) is 0 Å². The van der Waals surface area contributed by atoms with Gasteiger partial charge in [-0.25, -0.2) is 5.01 Å². The van der Waals surface area contributed by atoms with Crippen molar-refractivity contribution >= 4 is 11.5 Å². The van der Waals surface area contributed by atoms with E-state index < -0.39 is 0 Å². The molecule has 0 aliphatic carbocycles. The van der Waals surface area contributed by atoms with Crippen molar-refractivity contribution in [2.45, 2.75) is 12.8 Å². The number of nitrogen functional groups attached to an aromatic ring is 1. The summed E-state index contributed by atoms with van der Waals surface area (Å²) in [7, 11) is 0. The highest BCUT2D eigenvalue weighted by atomic mass is 16.3. The zero-order chi connectivity index (χ0) is 16.7. The van der Waals surface area contributed by atoms with Gasteiger partial charge in [0.05, 0.1) is 11.4 Å². The van der Waals surface area contributed by atoms with Crippen LogP contribution in [0.25, 0.3) is 11.3 Å². The Labute approximate surface area is 140 Å². The highest BCUT2D eigenvalue weighted by Crippen LogP contribution is 2.41. The molecule has 5 N–H and O–H groups in total. The Morgan fingerprint density at radius 1 is 1.08 bits per heavy atom. The van der Waals surface area contributed by atoms with Gasteiger partial charge in [-0.1, -0.05) is 12.1 Å². The van der Waals surface area contributed by atoms with Gasteiger partial charge in [0.1, 0.15) is 5.75 Å². The largest absolute Gasteiger partial charge is 0.507 e. The van der Waals surface area contributed by atoms with E-state index >= 15 is 0 Å². The normalized spacial score (nSPS) is 20.1. The summed E-state index contributed by atoms with van der Waals surface area (Å²) < 4.78 is 0. The van der Waals surface area contributed by atoms with E-state index in [2.05, 4.69) is 15.1 Å². The van der Waals surface area contributed by atoms with Crippen LogP contribution in [0.2, 0.25) is 0 Å². The van der Waals surface area contributed by atoms with E-state index in [0.29, 0.717) is 22.5 Å². The fourth-order valence-corrected chi connectivity index (χ4v) is 3.82. The SMILES string of the molecule is Nc1nnc(-c2ccccc2O)cc1N1CCC2(CC1)CN(N)C2. The van der Waals surface area contributed by atoms with Crippen molar-refractivity contribution in [3.63, 3.8) is 0 Å². The maximum absolute atomic E-state index is 10.0. The summed E-state index contributed by atoms with van der Waals surface area (Å²) >= 11 is 0. The average Bonchev–Trinajstić information content (AvgIpc) is 2.56. The fourth-order valence-electron chi connectivity index (χ4n) is 3.82. The van der Waals surface area contributed by atoms with Crippen LogP contribution in [0.3, 0.4) is 0 Å². The number of anilines is 2. The van der Waals surface area contributed by atoms with Crippen molar-refractivity contribution in [3.05, 3.63) is 30.3 Å². The summed E-state index contributed by atoms with van der Waals surface area (Å²) in [5, 5.41) is 20.2. The Morgan fingerprint density at radius 2 is 1.79 bits per heavy atom. The number of para-hydroxylation sites is 1. The van der Waals surface area contributed by atoms with Gasteiger partial charge in [-0.3, -0.25) is 5.84 Å². The molecule has 2 saturated heterocycles. The van der Waals surface area contributed by atoms with Gasteiger partial charge in [-0.15, -0.1) is 10.2 Å². The second-order valence-corrected chi connectivity index (χ2v) is 6.91. The summed E-state index contributed by atoms with van der Waals surface area (Å²) in [4.78, 5) is 2.26. The number of phenolic OH excluding ortho intramolecular Hbond substituents is 1. The molecule has 1 aromatic heterocycles. The van der Waals surface area contributed by atoms with Crippen LogP contribution < -0.4 is 16.5 Å². The Morgan fingerprint density at radius 3 is 2.46 bits per heavy atom. The molecule has 1 spiro atoms. The highest BCUT2D eigenvalue weighted by Gasteiger charge is 2.43. The van der Waals surface area contributed by atoms with Crippen molar-refractivity contribution in [2.24, 2.45) is 11.3 Å². The second-order valence-electron chi connectivity index (χ2n) is 6.91. The standard InChI is InChI=1S/C17H22N6O/c18-16-14(22-7-5-17(6-8-22)10-23(19)11-17)9-13(20-21-16)12-3-1-2-4-15(12)24/h1-4,9,24H,5-8,10-11,19H2,(H2,18,21). The van der Waals surface area contributed by atoms with Gasteiger partial charge in [0.2, 0.25) is 0 Å². The molecular weight excluding hydrogens is 304 g/mol. The number of aromatic hydroxyl groups is 1. The lowest BCUT2D eigenvalue weighted by Crippen LogP contribution is -2.62. The number of nitrogens with two attached hydrogens (primary N) is 2. The van der Waals surface area contributed by atoms with Gasteiger partial charge in [-0.05, 0) is 31.0 Å². The van der Waals surface area contributed by atoms with Crippen molar-refractivity contribution in [3.8, 4) is 17.0 Å². The Balaban J connectivity index is 1.58. The number of rotatable bonds is 2. The first-order chi connectivity index (χ1) is 11.6. The van der Waals surface area contributed by atoms with E-state index in [1.807, 2.05) is 23.2 Å². The van der Waals surface area contributed by atoms with Crippen LogP contribution in [0.5, 0.6) is 5.75 Å². The molecule has 0 amide bonds. The molecule has 4 rings (SSSR count). The molecule has 0 radical (unpaired) electrons. The first-order valence-electron chi connectivity index (χ1n) is 8.23. The summed E-state index contributed by atoms with van der Waals surface area (Å²) in [6.07, 6.45) is 2.21. The second kappa shape index (κ2) is 5.61. The Bertz CT molecular complexity index is 748. The van der Waals surface area contributed by atoms with Crippen LogP contribution in [0.4, 0.5) is 11.5 Å². The van der Waals surface area contributed by atoms with Gasteiger partial charge < -0.3 is 15.7 Å². The summed E-state index contributed by atoms with van der Waals surface area (Å²) in [6.45, 7) is 3.83. The molecule has 0 bridgehead atoms. The number of piperidine rings is 1. The zero-order valence-corrected chi connectivity index (χ0v) is 13.5. The van der Waals surface area contributed by atoms with Crippen LogP contribution in [-0.4, -0.2) is 46.5 Å². The number of hydrazine groups is 1. The number of phenols is 1. The molecule has 2 aromatic rings. The molecule has 0 saturated carbocycles. The molecular formula is C17H22N6O. The minimum Gasteiger partial charge on any atom is -0.507 e. The lowest BCUT2D eigenvalue weighted by atomic mass is 9.73. The van der Waals surface area contributed by atoms with E-state index in [1.54, 1.807) is 12.1 Å². The van der Waals surface area contributed by atoms with Gasteiger partial charge in [0.25, 0.3) is 0 Å². The first-order valence-corrected chi connectivity index (χ1v) is 8.23. The first kappa shape index (κ1) is 15.2. The number of hydrogen-bond acceptors (Lipinski definition) is 7. The summed E-state index contributed by atoms with van der Waals surface area (Å²) in [6, 6.07) is 9.05. The molecule has 2 aliphatic rings. The molecule has 1 aromatic carbocycles. The highest BCUT2D eigenvalue weighted by molar-refractivity contribution is 5.74. The zero-order valence-electron chi connectivity index (χ0n) is 13.5. The van der Waals surface area contributed by atoms with E-state index in [0.717, 1.165) is 44.7 Å². The monoisotopic (exact) mass is 326 g/mol. The van der Waals surface area contributed by atoms with Crippen molar-refractivity contribution in [2.75, 3.05) is 36.8 Å². The number of hydrogen-bond donors (Lipinski definition) is 3. The number of nitrogens with zero attached hydrogens (tertiary/aromatic N) is 4. The molecule has 2 aliphatic heterocycles. The van der Waals surface area contributed by atoms with E-state index in [1.165, 1.54) is 0 Å². The van der Waals surface area contributed by atoms with Crippen LogP contribution in [0.1, 0.15) is 12.8 Å².